The molecule has 1 aromatic rings. The van der Waals surface area contributed by atoms with Crippen molar-refractivity contribution in [2.45, 2.75) is 26.6 Å². The lowest BCUT2D eigenvalue weighted by atomic mass is 10.1. The Balaban J connectivity index is 2.02. The van der Waals surface area contributed by atoms with Gasteiger partial charge in [0.25, 0.3) is 0 Å². The number of halogens is 6. The Hall–Kier alpha value is -1.63. The molecule has 24 heavy (non-hydrogen) atoms. The number of ether oxygens (including phenoxy) is 1. The van der Waals surface area contributed by atoms with Crippen LogP contribution in [0.4, 0.5) is 22.0 Å². The van der Waals surface area contributed by atoms with Crippen LogP contribution < -0.4 is 0 Å². The van der Waals surface area contributed by atoms with Crippen molar-refractivity contribution in [3.63, 3.8) is 0 Å². The summed E-state index contributed by atoms with van der Waals surface area (Å²) in [5.41, 5.74) is -0.481. The molecule has 132 valence electrons. The van der Waals surface area contributed by atoms with E-state index >= 15 is 0 Å². The van der Waals surface area contributed by atoms with Crippen LogP contribution >= 0.6 is 11.6 Å². The van der Waals surface area contributed by atoms with Gasteiger partial charge in [0.2, 0.25) is 0 Å². The van der Waals surface area contributed by atoms with Gasteiger partial charge in [-0.15, -0.1) is 0 Å². The molecule has 0 heterocycles. The summed E-state index contributed by atoms with van der Waals surface area (Å²) in [4.78, 5) is 12.0. The summed E-state index contributed by atoms with van der Waals surface area (Å²) in [7, 11) is 0. The number of carbonyl (C=O) groups is 1. The molecule has 0 saturated heterocycles. The van der Waals surface area contributed by atoms with Gasteiger partial charge in [-0.3, -0.25) is 4.79 Å². The fourth-order valence-corrected chi connectivity index (χ4v) is 2.79. The molecule has 2 unspecified atom stereocenters. The lowest BCUT2D eigenvalue weighted by Gasteiger charge is -2.07. The molecule has 2 nitrogen and oxygen atoms in total. The topological polar surface area (TPSA) is 26.3 Å². The number of benzene rings is 1. The van der Waals surface area contributed by atoms with Crippen LogP contribution in [-0.4, -0.2) is 12.1 Å². The first-order valence-electron chi connectivity index (χ1n) is 6.99. The number of hydrogen-bond acceptors (Lipinski definition) is 2. The van der Waals surface area contributed by atoms with Gasteiger partial charge in [0.05, 0.1) is 10.9 Å². The Labute approximate surface area is 140 Å². The largest absolute Gasteiger partial charge is 0.461 e. The average molecular weight is 369 g/mol. The standard InChI is InChI=1S/C16H14ClF5O2/c1-15(2)10(6-12(19)16(20,21)22)13(15)14(23)24-7-8-3-4-9(18)5-11(8)17/h3-6,10,13H,7H2,1-2H3. The van der Waals surface area contributed by atoms with Crippen LogP contribution in [0.5, 0.6) is 0 Å². The van der Waals surface area contributed by atoms with Crippen LogP contribution in [0.2, 0.25) is 5.02 Å². The summed E-state index contributed by atoms with van der Waals surface area (Å²) in [5.74, 6) is -5.32. The van der Waals surface area contributed by atoms with Crippen molar-refractivity contribution in [1.82, 2.24) is 0 Å². The predicted octanol–water partition coefficient (Wildman–Crippen LogP) is 5.21. The van der Waals surface area contributed by atoms with Gasteiger partial charge in [-0.25, -0.2) is 8.78 Å². The van der Waals surface area contributed by atoms with Crippen molar-refractivity contribution in [2.24, 2.45) is 17.3 Å². The van der Waals surface area contributed by atoms with Gasteiger partial charge in [0, 0.05) is 5.56 Å². The molecular weight excluding hydrogens is 355 g/mol. The molecule has 0 amide bonds. The normalized spacial score (nSPS) is 23.1. The van der Waals surface area contributed by atoms with E-state index in [0.29, 0.717) is 11.6 Å². The van der Waals surface area contributed by atoms with E-state index in [1.165, 1.54) is 6.07 Å². The van der Waals surface area contributed by atoms with E-state index in [0.717, 1.165) is 12.1 Å². The minimum absolute atomic E-state index is 0.0671. The second kappa shape index (κ2) is 6.35. The van der Waals surface area contributed by atoms with Crippen molar-refractivity contribution in [2.75, 3.05) is 0 Å². The summed E-state index contributed by atoms with van der Waals surface area (Å²) >= 11 is 5.80. The maximum absolute atomic E-state index is 13.1. The highest BCUT2D eigenvalue weighted by Gasteiger charge is 2.62. The molecule has 0 radical (unpaired) electrons. The number of carbonyl (C=O) groups excluding carboxylic acids is 1. The summed E-state index contributed by atoms with van der Waals surface area (Å²) in [6.45, 7) is 2.85. The Morgan fingerprint density at radius 2 is 2.00 bits per heavy atom. The van der Waals surface area contributed by atoms with Crippen molar-refractivity contribution in [3.05, 3.63) is 46.5 Å². The lowest BCUT2D eigenvalue weighted by Crippen LogP contribution is -2.11. The fourth-order valence-electron chi connectivity index (χ4n) is 2.57. The summed E-state index contributed by atoms with van der Waals surface area (Å²) in [6, 6.07) is 3.53. The first kappa shape index (κ1) is 18.7. The molecule has 8 heteroatoms. The van der Waals surface area contributed by atoms with Crippen molar-refractivity contribution < 1.29 is 31.5 Å². The van der Waals surface area contributed by atoms with Crippen LogP contribution in [0.3, 0.4) is 0 Å². The Kier molecular flexibility index (Phi) is 4.95. The molecule has 0 bridgehead atoms. The number of rotatable bonds is 4. The summed E-state index contributed by atoms with van der Waals surface area (Å²) in [6.07, 6.45) is -4.66. The molecule has 2 rings (SSSR count). The summed E-state index contributed by atoms with van der Waals surface area (Å²) in [5, 5.41) is 0.0671. The van der Waals surface area contributed by atoms with Gasteiger partial charge < -0.3 is 4.74 Å². The quantitative estimate of drug-likeness (QED) is 0.538. The predicted molar refractivity (Wildman–Crippen MR) is 77.2 cm³/mol. The minimum atomic E-state index is -5.07. The number of alkyl halides is 3. The van der Waals surface area contributed by atoms with Gasteiger partial charge in [-0.2, -0.15) is 13.2 Å². The molecule has 1 aliphatic carbocycles. The first-order chi connectivity index (χ1) is 10.9. The molecule has 0 N–H and O–H groups in total. The van der Waals surface area contributed by atoms with Crippen LogP contribution in [0.1, 0.15) is 19.4 Å². The van der Waals surface area contributed by atoms with Gasteiger partial charge in [0.1, 0.15) is 12.4 Å². The van der Waals surface area contributed by atoms with E-state index in [1.54, 1.807) is 13.8 Å². The third-order valence-corrected chi connectivity index (χ3v) is 4.50. The van der Waals surface area contributed by atoms with Gasteiger partial charge >= 0.3 is 12.1 Å². The number of allylic oxidation sites excluding steroid dienone is 2. The summed E-state index contributed by atoms with van der Waals surface area (Å²) < 4.78 is 67.8. The molecule has 1 saturated carbocycles. The van der Waals surface area contributed by atoms with Gasteiger partial charge in [0.15, 0.2) is 5.83 Å². The zero-order valence-electron chi connectivity index (χ0n) is 12.8. The lowest BCUT2D eigenvalue weighted by molar-refractivity contribution is -0.147. The minimum Gasteiger partial charge on any atom is -0.461 e. The molecule has 2 atom stereocenters. The molecule has 1 aromatic carbocycles. The zero-order chi connectivity index (χ0) is 18.3. The fraction of sp³-hybridized carbons (Fsp3) is 0.438. The Morgan fingerprint density at radius 1 is 1.38 bits per heavy atom. The van der Waals surface area contributed by atoms with Gasteiger partial charge in [-0.05, 0) is 29.5 Å². The number of hydrogen-bond donors (Lipinski definition) is 0. The van der Waals surface area contributed by atoms with Crippen molar-refractivity contribution in [1.29, 1.82) is 0 Å². The van der Waals surface area contributed by atoms with Crippen molar-refractivity contribution in [3.8, 4) is 0 Å². The zero-order valence-corrected chi connectivity index (χ0v) is 13.5. The monoisotopic (exact) mass is 368 g/mol. The van der Waals surface area contributed by atoms with E-state index in [1.807, 2.05) is 0 Å². The second-order valence-electron chi connectivity index (χ2n) is 6.18. The smallest absolute Gasteiger partial charge is 0.442 e. The third-order valence-electron chi connectivity index (χ3n) is 4.15. The maximum atomic E-state index is 13.1. The second-order valence-corrected chi connectivity index (χ2v) is 6.59. The molecule has 0 aromatic heterocycles. The highest BCUT2D eigenvalue weighted by atomic mass is 35.5. The Morgan fingerprint density at radius 3 is 2.54 bits per heavy atom. The van der Waals surface area contributed by atoms with Crippen LogP contribution in [0.15, 0.2) is 30.1 Å². The number of esters is 1. The van der Waals surface area contributed by atoms with E-state index < -0.39 is 41.0 Å². The Bertz CT molecular complexity index is 682. The first-order valence-corrected chi connectivity index (χ1v) is 7.37. The molecular formula is C16H14ClF5O2. The third kappa shape index (κ3) is 3.88. The highest BCUT2D eigenvalue weighted by molar-refractivity contribution is 6.31. The van der Waals surface area contributed by atoms with Gasteiger partial charge in [-0.1, -0.05) is 31.5 Å². The van der Waals surface area contributed by atoms with E-state index in [9.17, 15) is 26.7 Å². The van der Waals surface area contributed by atoms with Crippen LogP contribution in [0, 0.1) is 23.1 Å². The molecule has 1 fully saturated rings. The molecule has 0 spiro atoms. The molecule has 0 aliphatic heterocycles. The van der Waals surface area contributed by atoms with Crippen molar-refractivity contribution >= 4 is 17.6 Å². The van der Waals surface area contributed by atoms with Crippen LogP contribution in [0.25, 0.3) is 0 Å². The van der Waals surface area contributed by atoms with Crippen LogP contribution in [-0.2, 0) is 16.1 Å². The SMILES string of the molecule is CC1(C)C(C=C(F)C(F)(F)F)C1C(=O)OCc1ccc(F)cc1Cl. The van der Waals surface area contributed by atoms with E-state index in [-0.39, 0.29) is 11.6 Å². The average Bonchev–Trinajstić information content (AvgIpc) is 2.97. The van der Waals surface area contributed by atoms with E-state index in [4.69, 9.17) is 16.3 Å². The maximum Gasteiger partial charge on any atom is 0.442 e. The van der Waals surface area contributed by atoms with E-state index in [2.05, 4.69) is 0 Å². The molecule has 1 aliphatic rings. The highest BCUT2D eigenvalue weighted by Crippen LogP contribution is 2.60.